The fourth-order valence-electron chi connectivity index (χ4n) is 0.945. The minimum atomic E-state index is 0.222. The molecule has 1 heterocycles. The first-order valence-electron chi connectivity index (χ1n) is 3.80. The van der Waals surface area contributed by atoms with Crippen molar-refractivity contribution < 1.29 is 9.84 Å². The summed E-state index contributed by atoms with van der Waals surface area (Å²) in [4.78, 5) is 0. The summed E-state index contributed by atoms with van der Waals surface area (Å²) in [5, 5.41) is 15.4. The first-order chi connectivity index (χ1) is 6.34. The summed E-state index contributed by atoms with van der Waals surface area (Å²) >= 11 is 0. The molecule has 0 bridgehead atoms. The number of aromatic hydroxyl groups is 1. The van der Waals surface area contributed by atoms with Crippen LogP contribution in [0.4, 0.5) is 0 Å². The molecule has 4 nitrogen and oxygen atoms in total. The zero-order chi connectivity index (χ0) is 9.10. The molecular formula is C9H8N2O2. The van der Waals surface area contributed by atoms with E-state index in [1.807, 2.05) is 0 Å². The van der Waals surface area contributed by atoms with Crippen LogP contribution in [0.1, 0.15) is 0 Å². The Balaban J connectivity index is 2.15. The first-order valence-corrected chi connectivity index (χ1v) is 3.80. The van der Waals surface area contributed by atoms with Gasteiger partial charge in [0.15, 0.2) is 5.75 Å². The van der Waals surface area contributed by atoms with Gasteiger partial charge in [0.25, 0.3) is 0 Å². The Kier molecular flexibility index (Phi) is 1.88. The lowest BCUT2D eigenvalue weighted by Gasteiger charge is -2.01. The van der Waals surface area contributed by atoms with E-state index in [4.69, 9.17) is 9.84 Å². The van der Waals surface area contributed by atoms with E-state index in [9.17, 15) is 0 Å². The number of phenolic OH excluding ortho intramolecular Hbond substituents is 1. The molecule has 1 aromatic carbocycles. The number of nitrogens with one attached hydrogen (secondary N) is 1. The molecule has 1 aromatic heterocycles. The van der Waals surface area contributed by atoms with Crippen LogP contribution in [-0.4, -0.2) is 15.3 Å². The van der Waals surface area contributed by atoms with E-state index in [1.54, 1.807) is 36.7 Å². The standard InChI is InChI=1S/C9H8N2O2/c12-7-1-3-8(4-2-7)13-9-5-10-11-6-9/h1-6,12H,(H,10,11). The summed E-state index contributed by atoms with van der Waals surface area (Å²) in [6.07, 6.45) is 3.22. The van der Waals surface area contributed by atoms with E-state index in [0.29, 0.717) is 11.5 Å². The second-order valence-corrected chi connectivity index (χ2v) is 2.53. The maximum atomic E-state index is 9.01. The van der Waals surface area contributed by atoms with Crippen LogP contribution < -0.4 is 4.74 Å². The van der Waals surface area contributed by atoms with Gasteiger partial charge >= 0.3 is 0 Å². The topological polar surface area (TPSA) is 58.1 Å². The first kappa shape index (κ1) is 7.67. The highest BCUT2D eigenvalue weighted by Gasteiger charge is 1.96. The Morgan fingerprint density at radius 2 is 1.92 bits per heavy atom. The summed E-state index contributed by atoms with van der Waals surface area (Å²) in [5.41, 5.74) is 0. The average Bonchev–Trinajstić information content (AvgIpc) is 2.62. The van der Waals surface area contributed by atoms with Gasteiger partial charge in [-0.25, -0.2) is 0 Å². The summed E-state index contributed by atoms with van der Waals surface area (Å²) in [6.45, 7) is 0. The third kappa shape index (κ3) is 1.79. The van der Waals surface area contributed by atoms with Gasteiger partial charge in [-0.1, -0.05) is 0 Å². The summed E-state index contributed by atoms with van der Waals surface area (Å²) < 4.78 is 5.37. The van der Waals surface area contributed by atoms with Crippen LogP contribution in [0.5, 0.6) is 17.2 Å². The Morgan fingerprint density at radius 3 is 2.54 bits per heavy atom. The van der Waals surface area contributed by atoms with Crippen molar-refractivity contribution in [3.05, 3.63) is 36.7 Å². The normalized spacial score (nSPS) is 9.85. The Hall–Kier alpha value is -1.97. The summed E-state index contributed by atoms with van der Waals surface area (Å²) in [5.74, 6) is 1.53. The maximum absolute atomic E-state index is 9.01. The molecule has 13 heavy (non-hydrogen) atoms. The van der Waals surface area contributed by atoms with Crippen LogP contribution in [-0.2, 0) is 0 Å². The third-order valence-corrected chi connectivity index (χ3v) is 1.55. The van der Waals surface area contributed by atoms with Gasteiger partial charge in [-0.3, -0.25) is 5.10 Å². The quantitative estimate of drug-likeness (QED) is 0.734. The number of aromatic nitrogens is 2. The molecule has 0 amide bonds. The predicted molar refractivity (Wildman–Crippen MR) is 46.8 cm³/mol. The molecule has 4 heteroatoms. The fourth-order valence-corrected chi connectivity index (χ4v) is 0.945. The lowest BCUT2D eigenvalue weighted by Crippen LogP contribution is -1.80. The molecule has 0 spiro atoms. The van der Waals surface area contributed by atoms with Crippen LogP contribution in [0.15, 0.2) is 36.7 Å². The molecule has 0 radical (unpaired) electrons. The van der Waals surface area contributed by atoms with E-state index in [-0.39, 0.29) is 5.75 Å². The van der Waals surface area contributed by atoms with Crippen molar-refractivity contribution in [2.24, 2.45) is 0 Å². The van der Waals surface area contributed by atoms with Crippen LogP contribution in [0, 0.1) is 0 Å². The number of hydrogen-bond acceptors (Lipinski definition) is 3. The van der Waals surface area contributed by atoms with Crippen molar-refractivity contribution in [2.75, 3.05) is 0 Å². The number of rotatable bonds is 2. The number of benzene rings is 1. The number of hydrogen-bond donors (Lipinski definition) is 2. The molecule has 0 aliphatic carbocycles. The van der Waals surface area contributed by atoms with Gasteiger partial charge in [0, 0.05) is 0 Å². The van der Waals surface area contributed by atoms with E-state index in [2.05, 4.69) is 10.2 Å². The van der Waals surface area contributed by atoms with Gasteiger partial charge in [-0.2, -0.15) is 5.10 Å². The molecule has 0 atom stereocenters. The van der Waals surface area contributed by atoms with E-state index in [0.717, 1.165) is 0 Å². The van der Waals surface area contributed by atoms with Crippen molar-refractivity contribution in [1.29, 1.82) is 0 Å². The number of aromatic amines is 1. The monoisotopic (exact) mass is 176 g/mol. The Labute approximate surface area is 74.8 Å². The van der Waals surface area contributed by atoms with E-state index in [1.165, 1.54) is 0 Å². The molecule has 66 valence electrons. The molecule has 2 rings (SSSR count). The Bertz CT molecular complexity index is 367. The van der Waals surface area contributed by atoms with Crippen molar-refractivity contribution in [1.82, 2.24) is 10.2 Å². The second kappa shape index (κ2) is 3.18. The van der Waals surface area contributed by atoms with Crippen molar-refractivity contribution in [2.45, 2.75) is 0 Å². The molecule has 2 N–H and O–H groups in total. The van der Waals surface area contributed by atoms with Gasteiger partial charge < -0.3 is 9.84 Å². The van der Waals surface area contributed by atoms with Crippen LogP contribution in [0.25, 0.3) is 0 Å². The average molecular weight is 176 g/mol. The largest absolute Gasteiger partial charge is 0.508 e. The van der Waals surface area contributed by atoms with Crippen molar-refractivity contribution >= 4 is 0 Å². The summed E-state index contributed by atoms with van der Waals surface area (Å²) in [7, 11) is 0. The highest BCUT2D eigenvalue weighted by molar-refractivity contribution is 5.33. The second-order valence-electron chi connectivity index (χ2n) is 2.53. The molecule has 0 aliphatic heterocycles. The highest BCUT2D eigenvalue weighted by atomic mass is 16.5. The van der Waals surface area contributed by atoms with Crippen LogP contribution >= 0.6 is 0 Å². The molecule has 2 aromatic rings. The SMILES string of the molecule is Oc1ccc(Oc2cn[nH]c2)cc1. The zero-order valence-corrected chi connectivity index (χ0v) is 6.77. The molecule has 0 aliphatic rings. The van der Waals surface area contributed by atoms with E-state index >= 15 is 0 Å². The number of H-pyrrole nitrogens is 1. The molecular weight excluding hydrogens is 168 g/mol. The van der Waals surface area contributed by atoms with Gasteiger partial charge in [0.2, 0.25) is 0 Å². The number of phenols is 1. The lowest BCUT2D eigenvalue weighted by molar-refractivity contribution is 0.464. The Morgan fingerprint density at radius 1 is 1.15 bits per heavy atom. The van der Waals surface area contributed by atoms with Gasteiger partial charge in [-0.15, -0.1) is 0 Å². The number of nitrogens with zero attached hydrogens (tertiary/aromatic N) is 1. The number of ether oxygens (including phenoxy) is 1. The van der Waals surface area contributed by atoms with Crippen LogP contribution in [0.2, 0.25) is 0 Å². The van der Waals surface area contributed by atoms with Crippen molar-refractivity contribution in [3.63, 3.8) is 0 Å². The molecule has 0 unspecified atom stereocenters. The summed E-state index contributed by atoms with van der Waals surface area (Å²) in [6, 6.07) is 6.50. The third-order valence-electron chi connectivity index (χ3n) is 1.55. The van der Waals surface area contributed by atoms with Gasteiger partial charge in [0.05, 0.1) is 12.4 Å². The molecule has 0 fully saturated rings. The highest BCUT2D eigenvalue weighted by Crippen LogP contribution is 2.21. The lowest BCUT2D eigenvalue weighted by atomic mass is 10.3. The smallest absolute Gasteiger partial charge is 0.165 e. The van der Waals surface area contributed by atoms with Gasteiger partial charge in [0.1, 0.15) is 11.5 Å². The van der Waals surface area contributed by atoms with Crippen molar-refractivity contribution in [3.8, 4) is 17.2 Å². The molecule has 0 saturated carbocycles. The minimum absolute atomic E-state index is 0.222. The fraction of sp³-hybridized carbons (Fsp3) is 0. The van der Waals surface area contributed by atoms with E-state index < -0.39 is 0 Å². The predicted octanol–water partition coefficient (Wildman–Crippen LogP) is 1.91. The van der Waals surface area contributed by atoms with Crippen LogP contribution in [0.3, 0.4) is 0 Å². The zero-order valence-electron chi connectivity index (χ0n) is 6.77. The molecule has 0 saturated heterocycles. The van der Waals surface area contributed by atoms with Gasteiger partial charge in [-0.05, 0) is 24.3 Å². The maximum Gasteiger partial charge on any atom is 0.165 e. The minimum Gasteiger partial charge on any atom is -0.508 e.